The van der Waals surface area contributed by atoms with Crippen LogP contribution in [0.4, 0.5) is 0 Å². The summed E-state index contributed by atoms with van der Waals surface area (Å²) < 4.78 is 0. The third-order valence-corrected chi connectivity index (χ3v) is 3.66. The van der Waals surface area contributed by atoms with Gasteiger partial charge in [-0.2, -0.15) is 0 Å². The van der Waals surface area contributed by atoms with Crippen molar-refractivity contribution in [2.24, 2.45) is 0 Å². The number of hydrogen-bond acceptors (Lipinski definition) is 3. The molecule has 0 saturated carbocycles. The molecule has 0 rings (SSSR count). The van der Waals surface area contributed by atoms with Crippen LogP contribution in [0.25, 0.3) is 0 Å². The van der Waals surface area contributed by atoms with Crippen LogP contribution in [0.3, 0.4) is 0 Å². The third kappa shape index (κ3) is 12.3. The van der Waals surface area contributed by atoms with E-state index in [-0.39, 0.29) is 24.4 Å². The number of ketones is 2. The lowest BCUT2D eigenvalue weighted by Crippen LogP contribution is -2.07. The molecular weight excluding hydrogens is 280 g/mol. The normalized spacial score (nSPS) is 10.4. The molecule has 1 N–H and O–H groups in total. The Kier molecular flexibility index (Phi) is 12.4. The molecule has 0 spiro atoms. The number of rotatable bonds is 15. The number of aliphatic carboxylic acids is 1. The van der Waals surface area contributed by atoms with E-state index in [2.05, 4.69) is 13.5 Å². The zero-order valence-electron chi connectivity index (χ0n) is 13.9. The summed E-state index contributed by atoms with van der Waals surface area (Å²) in [5, 5.41) is 8.51. The van der Waals surface area contributed by atoms with Gasteiger partial charge in [0.05, 0.1) is 0 Å². The Balaban J connectivity index is 3.63. The van der Waals surface area contributed by atoms with Gasteiger partial charge < -0.3 is 5.11 Å². The lowest BCUT2D eigenvalue weighted by atomic mass is 9.99. The van der Waals surface area contributed by atoms with Crippen LogP contribution in [0.15, 0.2) is 12.2 Å². The number of carboxylic acids is 1. The van der Waals surface area contributed by atoms with Crippen LogP contribution in [0.1, 0.15) is 84.0 Å². The molecule has 4 nitrogen and oxygen atoms in total. The predicted molar refractivity (Wildman–Crippen MR) is 87.9 cm³/mol. The maximum Gasteiger partial charge on any atom is 0.303 e. The van der Waals surface area contributed by atoms with Gasteiger partial charge in [-0.3, -0.25) is 14.4 Å². The van der Waals surface area contributed by atoms with Crippen LogP contribution in [-0.4, -0.2) is 22.6 Å². The van der Waals surface area contributed by atoms with Crippen LogP contribution in [0.2, 0.25) is 0 Å². The van der Waals surface area contributed by atoms with Crippen LogP contribution in [0.5, 0.6) is 0 Å². The summed E-state index contributed by atoms with van der Waals surface area (Å²) in [5.41, 5.74) is 0.437. The summed E-state index contributed by atoms with van der Waals surface area (Å²) in [4.78, 5) is 33.9. The molecule has 0 aliphatic heterocycles. The first-order chi connectivity index (χ1) is 10.5. The van der Waals surface area contributed by atoms with Gasteiger partial charge in [0.2, 0.25) is 0 Å². The third-order valence-electron chi connectivity index (χ3n) is 3.66. The Morgan fingerprint density at radius 3 is 1.95 bits per heavy atom. The highest BCUT2D eigenvalue weighted by Gasteiger charge is 2.11. The van der Waals surface area contributed by atoms with E-state index in [0.717, 1.165) is 44.9 Å². The van der Waals surface area contributed by atoms with Crippen molar-refractivity contribution in [1.29, 1.82) is 0 Å². The highest BCUT2D eigenvalue weighted by Crippen LogP contribution is 2.13. The van der Waals surface area contributed by atoms with E-state index in [1.807, 2.05) is 0 Å². The molecule has 4 heteroatoms. The molecule has 0 aromatic rings. The minimum absolute atomic E-state index is 0.00521. The van der Waals surface area contributed by atoms with Crippen LogP contribution in [0, 0.1) is 0 Å². The van der Waals surface area contributed by atoms with E-state index in [9.17, 15) is 14.4 Å². The molecule has 0 unspecified atom stereocenters. The second-order valence-corrected chi connectivity index (χ2v) is 5.86. The second kappa shape index (κ2) is 13.2. The van der Waals surface area contributed by atoms with Crippen molar-refractivity contribution in [1.82, 2.24) is 0 Å². The molecule has 22 heavy (non-hydrogen) atoms. The first-order valence-corrected chi connectivity index (χ1v) is 8.41. The van der Waals surface area contributed by atoms with Gasteiger partial charge in [0.25, 0.3) is 0 Å². The average Bonchev–Trinajstić information content (AvgIpc) is 2.45. The monoisotopic (exact) mass is 310 g/mol. The largest absolute Gasteiger partial charge is 0.481 e. The van der Waals surface area contributed by atoms with E-state index in [1.165, 1.54) is 0 Å². The number of carboxylic acid groups (broad SMARTS) is 1. The molecule has 126 valence electrons. The van der Waals surface area contributed by atoms with E-state index in [4.69, 9.17) is 5.11 Å². The average molecular weight is 310 g/mol. The van der Waals surface area contributed by atoms with Crippen molar-refractivity contribution in [3.05, 3.63) is 12.2 Å². The van der Waals surface area contributed by atoms with Crippen LogP contribution in [-0.2, 0) is 14.4 Å². The summed E-state index contributed by atoms with van der Waals surface area (Å²) in [5.74, 6) is -0.648. The van der Waals surface area contributed by atoms with Gasteiger partial charge >= 0.3 is 5.97 Å². The molecule has 0 heterocycles. The molecule has 0 bridgehead atoms. The smallest absolute Gasteiger partial charge is 0.303 e. The highest BCUT2D eigenvalue weighted by molar-refractivity contribution is 5.99. The number of Topliss-reactive ketones (excluding diaryl/α,β-unsaturated/α-hetero) is 2. The Labute approximate surface area is 134 Å². The zero-order chi connectivity index (χ0) is 16.8. The standard InChI is InChI=1S/C18H30O4/c1-3-4-8-11-16(19)14-15(2)17(20)12-9-6-5-7-10-13-18(21)22/h2-14H2,1H3,(H,21,22). The fourth-order valence-corrected chi connectivity index (χ4v) is 2.27. The summed E-state index contributed by atoms with van der Waals surface area (Å²) in [6, 6.07) is 0. The van der Waals surface area contributed by atoms with Crippen molar-refractivity contribution in [3.8, 4) is 0 Å². The summed E-state index contributed by atoms with van der Waals surface area (Å²) in [7, 11) is 0. The Bertz CT molecular complexity index is 371. The molecular formula is C18H30O4. The maximum absolute atomic E-state index is 11.9. The number of carbonyl (C=O) groups excluding carboxylic acids is 2. The summed E-state index contributed by atoms with van der Waals surface area (Å²) in [6.07, 6.45) is 8.67. The number of carbonyl (C=O) groups is 3. The van der Waals surface area contributed by atoms with Crippen molar-refractivity contribution >= 4 is 17.5 Å². The highest BCUT2D eigenvalue weighted by atomic mass is 16.4. The lowest BCUT2D eigenvalue weighted by molar-refractivity contribution is -0.137. The summed E-state index contributed by atoms with van der Waals surface area (Å²) >= 11 is 0. The first kappa shape index (κ1) is 20.6. The molecule has 0 atom stereocenters. The van der Waals surface area contributed by atoms with E-state index in [0.29, 0.717) is 24.8 Å². The topological polar surface area (TPSA) is 71.4 Å². The Hall–Kier alpha value is -1.45. The minimum Gasteiger partial charge on any atom is -0.481 e. The van der Waals surface area contributed by atoms with Crippen molar-refractivity contribution in [3.63, 3.8) is 0 Å². The SMILES string of the molecule is C=C(CC(=O)CCCCC)C(=O)CCCCCCCC(=O)O. The molecule has 0 saturated heterocycles. The first-order valence-electron chi connectivity index (χ1n) is 8.41. The van der Waals surface area contributed by atoms with Gasteiger partial charge in [-0.1, -0.05) is 45.6 Å². The molecule has 0 aromatic heterocycles. The van der Waals surface area contributed by atoms with Gasteiger partial charge in [0, 0.05) is 25.7 Å². The van der Waals surface area contributed by atoms with E-state index < -0.39 is 5.97 Å². The Morgan fingerprint density at radius 1 is 0.818 bits per heavy atom. The van der Waals surface area contributed by atoms with E-state index in [1.54, 1.807) is 0 Å². The van der Waals surface area contributed by atoms with Crippen LogP contribution >= 0.6 is 0 Å². The van der Waals surface area contributed by atoms with E-state index >= 15 is 0 Å². The van der Waals surface area contributed by atoms with Crippen LogP contribution < -0.4 is 0 Å². The molecule has 0 radical (unpaired) electrons. The molecule has 0 aliphatic rings. The maximum atomic E-state index is 11.9. The Morgan fingerprint density at radius 2 is 1.36 bits per heavy atom. The van der Waals surface area contributed by atoms with Crippen molar-refractivity contribution in [2.45, 2.75) is 84.0 Å². The molecule has 0 aliphatic carbocycles. The number of allylic oxidation sites excluding steroid dienone is 1. The van der Waals surface area contributed by atoms with Gasteiger partial charge in [-0.05, 0) is 24.8 Å². The molecule has 0 amide bonds. The molecule has 0 fully saturated rings. The zero-order valence-corrected chi connectivity index (χ0v) is 13.9. The summed E-state index contributed by atoms with van der Waals surface area (Å²) in [6.45, 7) is 5.83. The number of unbranched alkanes of at least 4 members (excludes halogenated alkanes) is 6. The van der Waals surface area contributed by atoms with Gasteiger partial charge in [-0.25, -0.2) is 0 Å². The number of hydrogen-bond donors (Lipinski definition) is 1. The van der Waals surface area contributed by atoms with Gasteiger partial charge in [-0.15, -0.1) is 0 Å². The minimum atomic E-state index is -0.755. The molecule has 0 aromatic carbocycles. The quantitative estimate of drug-likeness (QED) is 0.358. The lowest BCUT2D eigenvalue weighted by Gasteiger charge is -2.05. The van der Waals surface area contributed by atoms with Gasteiger partial charge in [0.1, 0.15) is 5.78 Å². The fraction of sp³-hybridized carbons (Fsp3) is 0.722. The van der Waals surface area contributed by atoms with Gasteiger partial charge in [0.15, 0.2) is 5.78 Å². The second-order valence-electron chi connectivity index (χ2n) is 5.86. The van der Waals surface area contributed by atoms with Crippen molar-refractivity contribution in [2.75, 3.05) is 0 Å². The van der Waals surface area contributed by atoms with Crippen molar-refractivity contribution < 1.29 is 19.5 Å². The fourth-order valence-electron chi connectivity index (χ4n) is 2.27. The predicted octanol–water partition coefficient (Wildman–Crippen LogP) is 4.47.